The van der Waals surface area contributed by atoms with Crippen molar-refractivity contribution in [2.75, 3.05) is 0 Å². The second-order valence-electron chi connectivity index (χ2n) is 6.50. The van der Waals surface area contributed by atoms with Crippen LogP contribution in [0.2, 0.25) is 5.02 Å². The third-order valence-electron chi connectivity index (χ3n) is 4.62. The monoisotopic (exact) mass is 380 g/mol. The van der Waals surface area contributed by atoms with Crippen LogP contribution in [-0.4, -0.2) is 14.7 Å². The number of fused-ring (bicyclic) bond motifs is 1. The summed E-state index contributed by atoms with van der Waals surface area (Å²) in [5.74, 6) is 0.462. The number of hydrogen-bond acceptors (Lipinski definition) is 2. The third kappa shape index (κ3) is 3.87. The summed E-state index contributed by atoms with van der Waals surface area (Å²) in [7, 11) is 0. The fraction of sp³-hybridized carbons (Fsp3) is 0.136. The summed E-state index contributed by atoms with van der Waals surface area (Å²) in [5.41, 5.74) is 3.66. The van der Waals surface area contributed by atoms with Crippen molar-refractivity contribution in [2.45, 2.75) is 19.1 Å². The van der Waals surface area contributed by atoms with Crippen LogP contribution in [0.25, 0.3) is 11.0 Å². The Labute approximate surface area is 161 Å². The molecule has 0 saturated heterocycles. The first-order valence-electron chi connectivity index (χ1n) is 8.72. The smallest absolute Gasteiger partial charge is 0.123 e. The molecule has 4 rings (SSSR count). The lowest BCUT2D eigenvalue weighted by atomic mass is 10.1. The van der Waals surface area contributed by atoms with E-state index in [0.717, 1.165) is 22.4 Å². The van der Waals surface area contributed by atoms with Gasteiger partial charge in [0, 0.05) is 18.0 Å². The van der Waals surface area contributed by atoms with E-state index in [0.29, 0.717) is 23.6 Å². The van der Waals surface area contributed by atoms with Crippen LogP contribution in [0.15, 0.2) is 72.8 Å². The van der Waals surface area contributed by atoms with Gasteiger partial charge >= 0.3 is 0 Å². The predicted molar refractivity (Wildman–Crippen MR) is 105 cm³/mol. The Balaban J connectivity index is 1.69. The van der Waals surface area contributed by atoms with Gasteiger partial charge < -0.3 is 9.67 Å². The number of benzene rings is 3. The second kappa shape index (κ2) is 7.51. The van der Waals surface area contributed by atoms with Crippen LogP contribution in [0.5, 0.6) is 0 Å². The van der Waals surface area contributed by atoms with Crippen molar-refractivity contribution in [2.24, 2.45) is 0 Å². The summed E-state index contributed by atoms with van der Waals surface area (Å²) in [6.45, 7) is 0.628. The van der Waals surface area contributed by atoms with E-state index in [1.165, 1.54) is 12.1 Å². The molecule has 0 radical (unpaired) electrons. The van der Waals surface area contributed by atoms with E-state index in [4.69, 9.17) is 16.6 Å². The maximum Gasteiger partial charge on any atom is 0.123 e. The lowest BCUT2D eigenvalue weighted by Crippen LogP contribution is -2.10. The minimum Gasteiger partial charge on any atom is -0.388 e. The van der Waals surface area contributed by atoms with Gasteiger partial charge in [-0.1, -0.05) is 48.0 Å². The lowest BCUT2D eigenvalue weighted by Gasteiger charge is -2.14. The Morgan fingerprint density at radius 2 is 1.67 bits per heavy atom. The van der Waals surface area contributed by atoms with Crippen molar-refractivity contribution in [3.05, 3.63) is 101 Å². The minimum atomic E-state index is -0.758. The number of hydrogen-bond donors (Lipinski definition) is 1. The molecule has 0 spiro atoms. The van der Waals surface area contributed by atoms with Crippen LogP contribution in [0.3, 0.4) is 0 Å². The molecule has 0 aliphatic heterocycles. The van der Waals surface area contributed by atoms with Crippen LogP contribution in [0.4, 0.5) is 4.39 Å². The molecule has 5 heteroatoms. The van der Waals surface area contributed by atoms with Crippen LogP contribution in [-0.2, 0) is 13.0 Å². The Kier molecular flexibility index (Phi) is 4.92. The van der Waals surface area contributed by atoms with E-state index in [2.05, 4.69) is 4.57 Å². The van der Waals surface area contributed by atoms with Crippen LogP contribution in [0.1, 0.15) is 23.1 Å². The van der Waals surface area contributed by atoms with Gasteiger partial charge in [0.15, 0.2) is 0 Å². The Morgan fingerprint density at radius 3 is 2.41 bits per heavy atom. The van der Waals surface area contributed by atoms with Crippen LogP contribution < -0.4 is 0 Å². The zero-order chi connectivity index (χ0) is 18.8. The van der Waals surface area contributed by atoms with E-state index >= 15 is 0 Å². The van der Waals surface area contributed by atoms with Crippen molar-refractivity contribution in [1.29, 1.82) is 0 Å². The highest BCUT2D eigenvalue weighted by atomic mass is 35.5. The summed E-state index contributed by atoms with van der Waals surface area (Å²) in [6, 6.07) is 21.5. The fourth-order valence-corrected chi connectivity index (χ4v) is 3.33. The maximum absolute atomic E-state index is 13.1. The Bertz CT molecular complexity index is 1060. The molecule has 1 aromatic heterocycles. The topological polar surface area (TPSA) is 38.1 Å². The van der Waals surface area contributed by atoms with E-state index in [-0.39, 0.29) is 5.82 Å². The highest BCUT2D eigenvalue weighted by Crippen LogP contribution is 2.24. The Hall–Kier alpha value is -2.69. The highest BCUT2D eigenvalue weighted by Gasteiger charge is 2.16. The van der Waals surface area contributed by atoms with Crippen molar-refractivity contribution < 1.29 is 9.50 Å². The first-order chi connectivity index (χ1) is 13.1. The van der Waals surface area contributed by atoms with E-state index in [1.807, 2.05) is 48.5 Å². The Morgan fingerprint density at radius 1 is 0.963 bits per heavy atom. The SMILES string of the molecule is O[C@H](Cc1nc2ccccc2n1Cc1ccc(Cl)cc1)c1ccc(F)cc1. The molecule has 0 bridgehead atoms. The summed E-state index contributed by atoms with van der Waals surface area (Å²) in [4.78, 5) is 4.71. The van der Waals surface area contributed by atoms with Crippen molar-refractivity contribution in [3.8, 4) is 0 Å². The minimum absolute atomic E-state index is 0.319. The second-order valence-corrected chi connectivity index (χ2v) is 6.94. The highest BCUT2D eigenvalue weighted by molar-refractivity contribution is 6.30. The van der Waals surface area contributed by atoms with Gasteiger partial charge in [-0.05, 0) is 47.5 Å². The van der Waals surface area contributed by atoms with Crippen molar-refractivity contribution in [1.82, 2.24) is 9.55 Å². The van der Waals surface area contributed by atoms with E-state index < -0.39 is 6.10 Å². The maximum atomic E-state index is 13.1. The average Bonchev–Trinajstić information content (AvgIpc) is 3.01. The number of rotatable bonds is 5. The molecule has 1 heterocycles. The molecule has 0 unspecified atom stereocenters. The number of para-hydroxylation sites is 2. The molecule has 1 N–H and O–H groups in total. The van der Waals surface area contributed by atoms with Gasteiger partial charge in [0.25, 0.3) is 0 Å². The summed E-state index contributed by atoms with van der Waals surface area (Å²) >= 11 is 5.99. The molecule has 3 aromatic carbocycles. The van der Waals surface area contributed by atoms with Crippen LogP contribution >= 0.6 is 11.6 Å². The molecule has 27 heavy (non-hydrogen) atoms. The molecule has 0 amide bonds. The first kappa shape index (κ1) is 17.7. The molecule has 4 aromatic rings. The molecular weight excluding hydrogens is 363 g/mol. The molecule has 0 saturated carbocycles. The predicted octanol–water partition coefficient (Wildman–Crippen LogP) is 5.15. The molecule has 0 fully saturated rings. The molecule has 136 valence electrons. The van der Waals surface area contributed by atoms with Gasteiger partial charge in [-0.25, -0.2) is 9.37 Å². The number of imidazole rings is 1. The standard InChI is InChI=1S/C22H18ClFN2O/c23-17-9-5-15(6-10-17)14-26-20-4-2-1-3-19(20)25-22(26)13-21(27)16-7-11-18(24)12-8-16/h1-12,21,27H,13-14H2/t21-/m1/s1. The quantitative estimate of drug-likeness (QED) is 0.519. The summed E-state index contributed by atoms with van der Waals surface area (Å²) in [5, 5.41) is 11.3. The molecule has 0 aliphatic carbocycles. The fourth-order valence-electron chi connectivity index (χ4n) is 3.21. The lowest BCUT2D eigenvalue weighted by molar-refractivity contribution is 0.174. The zero-order valence-corrected chi connectivity index (χ0v) is 15.3. The summed E-state index contributed by atoms with van der Waals surface area (Å²) < 4.78 is 15.2. The van der Waals surface area contributed by atoms with Crippen molar-refractivity contribution >= 4 is 22.6 Å². The number of aromatic nitrogens is 2. The normalized spacial score (nSPS) is 12.4. The van der Waals surface area contributed by atoms with Crippen molar-refractivity contribution in [3.63, 3.8) is 0 Å². The number of halogens is 2. The molecule has 0 aliphatic rings. The molecular formula is C22H18ClFN2O. The van der Waals surface area contributed by atoms with Gasteiger partial charge in [-0.15, -0.1) is 0 Å². The van der Waals surface area contributed by atoms with Gasteiger partial charge in [0.05, 0.1) is 17.1 Å². The van der Waals surface area contributed by atoms with E-state index in [9.17, 15) is 9.50 Å². The van der Waals surface area contributed by atoms with Gasteiger partial charge in [-0.3, -0.25) is 0 Å². The average molecular weight is 381 g/mol. The third-order valence-corrected chi connectivity index (χ3v) is 4.87. The van der Waals surface area contributed by atoms with E-state index in [1.54, 1.807) is 12.1 Å². The largest absolute Gasteiger partial charge is 0.388 e. The molecule has 1 atom stereocenters. The van der Waals surface area contributed by atoms with Gasteiger partial charge in [0.1, 0.15) is 11.6 Å². The molecule has 3 nitrogen and oxygen atoms in total. The summed E-state index contributed by atoms with van der Waals surface area (Å²) in [6.07, 6.45) is -0.417. The van der Waals surface area contributed by atoms with Gasteiger partial charge in [0.2, 0.25) is 0 Å². The number of aliphatic hydroxyl groups excluding tert-OH is 1. The van der Waals surface area contributed by atoms with Gasteiger partial charge in [-0.2, -0.15) is 0 Å². The number of nitrogens with zero attached hydrogens (tertiary/aromatic N) is 2. The number of aliphatic hydroxyl groups is 1. The van der Waals surface area contributed by atoms with Crippen LogP contribution in [0, 0.1) is 5.82 Å². The zero-order valence-electron chi connectivity index (χ0n) is 14.5. The first-order valence-corrected chi connectivity index (χ1v) is 9.10.